The molecule has 0 bridgehead atoms. The number of rotatable bonds is 8. The minimum atomic E-state index is -0.470. The highest BCUT2D eigenvalue weighted by Gasteiger charge is 2.29. The Hall–Kier alpha value is -0.400. The molecule has 108 valence electrons. The number of halogens is 1. The predicted molar refractivity (Wildman–Crippen MR) is 79.9 cm³/mol. The molecule has 0 fully saturated rings. The highest BCUT2D eigenvalue weighted by molar-refractivity contribution is 14.2. The van der Waals surface area contributed by atoms with Gasteiger partial charge in [0.05, 0.1) is 20.2 Å². The fourth-order valence-electron chi connectivity index (χ4n) is 1.56. The molecule has 19 heavy (non-hydrogen) atoms. The standard InChI is InChI=1S/C11H17INO5P/c1-7(2)10(11(14)15-3)8-6-9(13-18-8)16-4-5-17-19-12/h6-7,10,19H,4-5H2,1-3H3. The summed E-state index contributed by atoms with van der Waals surface area (Å²) in [7, 11) is 1.35. The van der Waals surface area contributed by atoms with E-state index in [9.17, 15) is 4.79 Å². The lowest BCUT2D eigenvalue weighted by Crippen LogP contribution is -2.19. The Balaban J connectivity index is 2.63. The molecule has 6 nitrogen and oxygen atoms in total. The van der Waals surface area contributed by atoms with Crippen molar-refractivity contribution in [2.24, 2.45) is 5.92 Å². The quantitative estimate of drug-likeness (QED) is 0.289. The van der Waals surface area contributed by atoms with Gasteiger partial charge in [0.15, 0.2) is 5.76 Å². The first-order valence-corrected chi connectivity index (χ1v) is 9.77. The molecule has 2 unspecified atom stereocenters. The molecule has 2 atom stereocenters. The molecule has 0 N–H and O–H groups in total. The van der Waals surface area contributed by atoms with Crippen LogP contribution in [-0.4, -0.2) is 31.4 Å². The number of ether oxygens (including phenoxy) is 2. The Morgan fingerprint density at radius 2 is 2.26 bits per heavy atom. The third-order valence-electron chi connectivity index (χ3n) is 2.42. The fourth-order valence-corrected chi connectivity index (χ4v) is 2.38. The van der Waals surface area contributed by atoms with Crippen LogP contribution in [-0.2, 0) is 14.1 Å². The van der Waals surface area contributed by atoms with Crippen molar-refractivity contribution in [2.75, 3.05) is 20.3 Å². The van der Waals surface area contributed by atoms with Gasteiger partial charge in [-0.1, -0.05) is 13.8 Å². The Kier molecular flexibility index (Phi) is 7.63. The third-order valence-corrected chi connectivity index (χ3v) is 3.67. The summed E-state index contributed by atoms with van der Waals surface area (Å²) in [6, 6.07) is 1.62. The van der Waals surface area contributed by atoms with Crippen LogP contribution in [0.15, 0.2) is 10.6 Å². The maximum absolute atomic E-state index is 11.7. The van der Waals surface area contributed by atoms with E-state index in [2.05, 4.69) is 27.2 Å². The number of carbonyl (C=O) groups is 1. The number of carbonyl (C=O) groups excluding carboxylic acids is 1. The van der Waals surface area contributed by atoms with Crippen LogP contribution >= 0.6 is 28.5 Å². The maximum atomic E-state index is 11.7. The Morgan fingerprint density at radius 1 is 1.53 bits per heavy atom. The lowest BCUT2D eigenvalue weighted by molar-refractivity contribution is -0.144. The normalized spacial score (nSPS) is 13.1. The first kappa shape index (κ1) is 16.7. The van der Waals surface area contributed by atoms with E-state index >= 15 is 0 Å². The summed E-state index contributed by atoms with van der Waals surface area (Å²) in [5.74, 6) is 0.0457. The van der Waals surface area contributed by atoms with Gasteiger partial charge in [0.1, 0.15) is 12.5 Å². The van der Waals surface area contributed by atoms with E-state index in [4.69, 9.17) is 18.5 Å². The molecule has 1 aromatic heterocycles. The summed E-state index contributed by atoms with van der Waals surface area (Å²) in [5.41, 5.74) is 0. The van der Waals surface area contributed by atoms with Crippen LogP contribution in [0.25, 0.3) is 0 Å². The average molecular weight is 401 g/mol. The van der Waals surface area contributed by atoms with Crippen LogP contribution in [0.3, 0.4) is 0 Å². The Labute approximate surface area is 126 Å². The van der Waals surface area contributed by atoms with Crippen molar-refractivity contribution in [3.05, 3.63) is 11.8 Å². The first-order valence-electron chi connectivity index (χ1n) is 5.74. The molecule has 0 aliphatic carbocycles. The van der Waals surface area contributed by atoms with E-state index in [-0.39, 0.29) is 11.9 Å². The summed E-state index contributed by atoms with van der Waals surface area (Å²) >= 11 is 2.14. The topological polar surface area (TPSA) is 70.8 Å². The number of hydrogen-bond acceptors (Lipinski definition) is 6. The monoisotopic (exact) mass is 401 g/mol. The van der Waals surface area contributed by atoms with Crippen LogP contribution < -0.4 is 4.74 Å². The smallest absolute Gasteiger partial charge is 0.316 e. The number of esters is 1. The minimum absolute atomic E-state index is 0.0526. The third kappa shape index (κ3) is 5.24. The molecule has 0 aromatic carbocycles. The Bertz CT molecular complexity index is 398. The second kappa shape index (κ2) is 8.71. The van der Waals surface area contributed by atoms with E-state index in [1.807, 2.05) is 13.8 Å². The minimum Gasteiger partial charge on any atom is -0.473 e. The van der Waals surface area contributed by atoms with Gasteiger partial charge < -0.3 is 18.5 Å². The highest BCUT2D eigenvalue weighted by Crippen LogP contribution is 2.28. The van der Waals surface area contributed by atoms with Crippen molar-refractivity contribution >= 4 is 34.5 Å². The number of hydrogen-bond donors (Lipinski definition) is 0. The largest absolute Gasteiger partial charge is 0.473 e. The second-order valence-corrected chi connectivity index (χ2v) is 5.85. The van der Waals surface area contributed by atoms with E-state index in [1.54, 1.807) is 6.07 Å². The van der Waals surface area contributed by atoms with Gasteiger partial charge in [-0.3, -0.25) is 4.79 Å². The van der Waals surface area contributed by atoms with Crippen molar-refractivity contribution in [2.45, 2.75) is 19.8 Å². The van der Waals surface area contributed by atoms with Gasteiger partial charge in [-0.05, 0) is 33.1 Å². The molecule has 1 heterocycles. The average Bonchev–Trinajstić information content (AvgIpc) is 2.82. The summed E-state index contributed by atoms with van der Waals surface area (Å²) in [6.45, 7) is 5.13. The second-order valence-electron chi connectivity index (χ2n) is 4.09. The van der Waals surface area contributed by atoms with Gasteiger partial charge in [-0.25, -0.2) is 0 Å². The van der Waals surface area contributed by atoms with Crippen molar-refractivity contribution in [3.63, 3.8) is 0 Å². The van der Waals surface area contributed by atoms with Crippen molar-refractivity contribution in [3.8, 4) is 5.88 Å². The van der Waals surface area contributed by atoms with Crippen LogP contribution in [0.4, 0.5) is 0 Å². The van der Waals surface area contributed by atoms with E-state index in [0.29, 0.717) is 31.3 Å². The number of nitrogens with zero attached hydrogens (tertiary/aromatic N) is 1. The summed E-state index contributed by atoms with van der Waals surface area (Å²) in [4.78, 5) is 11.7. The zero-order valence-electron chi connectivity index (χ0n) is 11.0. The molecule has 0 radical (unpaired) electrons. The van der Waals surface area contributed by atoms with Gasteiger partial charge in [0.2, 0.25) is 0 Å². The molecule has 8 heteroatoms. The molecule has 0 amide bonds. The van der Waals surface area contributed by atoms with E-state index < -0.39 is 5.92 Å². The maximum Gasteiger partial charge on any atom is 0.316 e. The highest BCUT2D eigenvalue weighted by atomic mass is 127. The number of methoxy groups -OCH3 is 1. The molecular weight excluding hydrogens is 384 g/mol. The first-order chi connectivity index (χ1) is 9.10. The van der Waals surface area contributed by atoms with Crippen LogP contribution in [0, 0.1) is 5.92 Å². The summed E-state index contributed by atoms with van der Waals surface area (Å²) in [6.07, 6.45) is 0. The van der Waals surface area contributed by atoms with E-state index in [1.165, 1.54) is 7.11 Å². The molecule has 0 aliphatic heterocycles. The molecule has 0 spiro atoms. The van der Waals surface area contributed by atoms with Gasteiger partial charge in [-0.2, -0.15) is 0 Å². The molecule has 0 saturated carbocycles. The van der Waals surface area contributed by atoms with Gasteiger partial charge in [-0.15, -0.1) is 0 Å². The molecule has 1 rings (SSSR count). The lowest BCUT2D eigenvalue weighted by Gasteiger charge is -2.14. The zero-order valence-corrected chi connectivity index (χ0v) is 14.2. The van der Waals surface area contributed by atoms with Crippen LogP contribution in [0.5, 0.6) is 5.88 Å². The summed E-state index contributed by atoms with van der Waals surface area (Å²) in [5, 5.41) is 3.77. The SMILES string of the molecule is COC(=O)C(c1cc(OCCOPI)no1)C(C)C. The van der Waals surface area contributed by atoms with E-state index in [0.717, 1.165) is 0 Å². The van der Waals surface area contributed by atoms with Gasteiger partial charge in [0.25, 0.3) is 5.88 Å². The molecule has 0 saturated heterocycles. The lowest BCUT2D eigenvalue weighted by atomic mass is 9.93. The van der Waals surface area contributed by atoms with Crippen molar-refractivity contribution in [1.82, 2.24) is 5.16 Å². The van der Waals surface area contributed by atoms with Gasteiger partial charge in [0, 0.05) is 6.07 Å². The molecule has 1 aromatic rings. The van der Waals surface area contributed by atoms with Crippen LogP contribution in [0.1, 0.15) is 25.5 Å². The predicted octanol–water partition coefficient (Wildman–Crippen LogP) is 2.93. The van der Waals surface area contributed by atoms with Crippen molar-refractivity contribution < 1.29 is 23.3 Å². The van der Waals surface area contributed by atoms with Crippen LogP contribution in [0.2, 0.25) is 0 Å². The summed E-state index contributed by atoms with van der Waals surface area (Å²) < 4.78 is 20.4. The Morgan fingerprint density at radius 3 is 2.84 bits per heavy atom. The molecular formula is C11H17INO5P. The number of aromatic nitrogens is 1. The fraction of sp³-hybridized carbons (Fsp3) is 0.636. The zero-order chi connectivity index (χ0) is 14.3. The van der Waals surface area contributed by atoms with Crippen molar-refractivity contribution in [1.29, 1.82) is 0 Å². The molecule has 0 aliphatic rings. The van der Waals surface area contributed by atoms with Gasteiger partial charge >= 0.3 is 5.97 Å².